The molecule has 0 atom stereocenters. The largest absolute Gasteiger partial charge is 0.493 e. The van der Waals surface area contributed by atoms with Crippen LogP contribution >= 0.6 is 0 Å². The van der Waals surface area contributed by atoms with Crippen molar-refractivity contribution < 1.29 is 18.9 Å². The number of anilines is 1. The lowest BCUT2D eigenvalue weighted by Gasteiger charge is -2.14. The van der Waals surface area contributed by atoms with Crippen LogP contribution in [0.3, 0.4) is 0 Å². The van der Waals surface area contributed by atoms with Crippen molar-refractivity contribution in [3.05, 3.63) is 59.7 Å². The molecule has 0 aliphatic heterocycles. The van der Waals surface area contributed by atoms with Gasteiger partial charge in [0, 0.05) is 52.1 Å². The first-order valence-corrected chi connectivity index (χ1v) is 10.7. The molecule has 31 heavy (non-hydrogen) atoms. The highest BCUT2D eigenvalue weighted by molar-refractivity contribution is 5.93. The minimum atomic E-state index is 0.574. The Labute approximate surface area is 185 Å². The lowest BCUT2D eigenvalue weighted by molar-refractivity contribution is 0.0453. The van der Waals surface area contributed by atoms with Crippen molar-refractivity contribution in [3.8, 4) is 5.75 Å². The molecule has 0 heterocycles. The molecule has 0 bridgehead atoms. The van der Waals surface area contributed by atoms with Crippen LogP contribution in [0.15, 0.2) is 53.5 Å². The van der Waals surface area contributed by atoms with E-state index in [9.17, 15) is 0 Å². The number of guanidine groups is 1. The van der Waals surface area contributed by atoms with Gasteiger partial charge in [-0.05, 0) is 30.2 Å². The van der Waals surface area contributed by atoms with Crippen molar-refractivity contribution in [3.63, 3.8) is 0 Å². The Morgan fingerprint density at radius 3 is 2.55 bits per heavy atom. The Morgan fingerprint density at radius 2 is 1.74 bits per heavy atom. The molecule has 0 aromatic heterocycles. The first-order chi connectivity index (χ1) is 15.2. The van der Waals surface area contributed by atoms with Crippen molar-refractivity contribution in [1.82, 2.24) is 5.32 Å². The van der Waals surface area contributed by atoms with Crippen LogP contribution in [-0.4, -0.2) is 53.2 Å². The quantitative estimate of drug-likeness (QED) is 0.270. The summed E-state index contributed by atoms with van der Waals surface area (Å²) < 4.78 is 21.8. The molecule has 0 radical (unpaired) electrons. The highest BCUT2D eigenvalue weighted by atomic mass is 16.5. The molecule has 2 aromatic rings. The summed E-state index contributed by atoms with van der Waals surface area (Å²) in [5.41, 5.74) is 3.20. The van der Waals surface area contributed by atoms with Gasteiger partial charge in [0.15, 0.2) is 5.96 Å². The summed E-state index contributed by atoms with van der Waals surface area (Å²) in [4.78, 5) is 4.31. The summed E-state index contributed by atoms with van der Waals surface area (Å²) in [6, 6.07) is 16.2. The molecule has 7 heteroatoms. The van der Waals surface area contributed by atoms with Crippen LogP contribution in [0.5, 0.6) is 5.75 Å². The van der Waals surface area contributed by atoms with E-state index in [4.69, 9.17) is 18.9 Å². The van der Waals surface area contributed by atoms with Crippen molar-refractivity contribution in [1.29, 1.82) is 0 Å². The van der Waals surface area contributed by atoms with E-state index in [-0.39, 0.29) is 0 Å². The third kappa shape index (κ3) is 10.3. The maximum absolute atomic E-state index is 5.76. The highest BCUT2D eigenvalue weighted by Crippen LogP contribution is 2.17. The zero-order chi connectivity index (χ0) is 22.2. The Balaban J connectivity index is 1.81. The van der Waals surface area contributed by atoms with E-state index in [1.54, 1.807) is 14.2 Å². The highest BCUT2D eigenvalue weighted by Gasteiger charge is 2.03. The fourth-order valence-electron chi connectivity index (χ4n) is 2.84. The van der Waals surface area contributed by atoms with Crippen LogP contribution in [-0.2, 0) is 27.4 Å². The summed E-state index contributed by atoms with van der Waals surface area (Å²) in [5, 5.41) is 6.65. The van der Waals surface area contributed by atoms with E-state index in [1.807, 2.05) is 37.3 Å². The predicted octanol–water partition coefficient (Wildman–Crippen LogP) is 3.84. The summed E-state index contributed by atoms with van der Waals surface area (Å²) in [6.07, 6.45) is 0.855. The van der Waals surface area contributed by atoms with Gasteiger partial charge in [-0.2, -0.15) is 0 Å². The minimum Gasteiger partial charge on any atom is -0.493 e. The normalized spacial score (nSPS) is 11.4. The maximum Gasteiger partial charge on any atom is 0.195 e. The molecular weight excluding hydrogens is 394 g/mol. The molecule has 0 saturated heterocycles. The summed E-state index contributed by atoms with van der Waals surface area (Å²) in [6.45, 7) is 6.46. The average molecular weight is 430 g/mol. The lowest BCUT2D eigenvalue weighted by Crippen LogP contribution is -2.30. The molecule has 7 nitrogen and oxygen atoms in total. The molecule has 0 saturated carbocycles. The maximum atomic E-state index is 5.76. The van der Waals surface area contributed by atoms with Gasteiger partial charge < -0.3 is 29.6 Å². The van der Waals surface area contributed by atoms with Crippen molar-refractivity contribution in [2.24, 2.45) is 4.99 Å². The zero-order valence-electron chi connectivity index (χ0n) is 18.9. The number of ether oxygens (including phenoxy) is 4. The fraction of sp³-hybridized carbons (Fsp3) is 0.458. The number of methoxy groups -OCH3 is 1. The zero-order valence-corrected chi connectivity index (χ0v) is 18.9. The van der Waals surface area contributed by atoms with Gasteiger partial charge in [0.25, 0.3) is 0 Å². The van der Waals surface area contributed by atoms with E-state index in [0.717, 1.165) is 29.0 Å². The van der Waals surface area contributed by atoms with Gasteiger partial charge in [-0.1, -0.05) is 30.3 Å². The standard InChI is InChI=1S/C24H35N3O4/c1-4-29-14-15-30-19-21-9-5-8-20(16-21)18-26-24(25-2)27-22-10-6-11-23(17-22)31-13-7-12-28-3/h5-6,8-11,16-17H,4,7,12-15,18-19H2,1-3H3,(H2,25,26,27). The van der Waals surface area contributed by atoms with Crippen molar-refractivity contribution >= 4 is 11.6 Å². The van der Waals surface area contributed by atoms with E-state index in [2.05, 4.69) is 33.8 Å². The molecule has 2 aromatic carbocycles. The van der Waals surface area contributed by atoms with Crippen LogP contribution in [0.25, 0.3) is 0 Å². The third-order valence-electron chi connectivity index (χ3n) is 4.38. The van der Waals surface area contributed by atoms with Gasteiger partial charge in [-0.25, -0.2) is 0 Å². The number of rotatable bonds is 14. The minimum absolute atomic E-state index is 0.574. The summed E-state index contributed by atoms with van der Waals surface area (Å²) >= 11 is 0. The van der Waals surface area contributed by atoms with E-state index in [0.29, 0.717) is 52.1 Å². The van der Waals surface area contributed by atoms with E-state index >= 15 is 0 Å². The number of nitrogens with one attached hydrogen (secondary N) is 2. The molecule has 2 N–H and O–H groups in total. The second-order valence-corrected chi connectivity index (χ2v) is 6.84. The predicted molar refractivity (Wildman–Crippen MR) is 125 cm³/mol. The average Bonchev–Trinajstić information content (AvgIpc) is 2.80. The molecular formula is C24H35N3O4. The Kier molecular flexibility index (Phi) is 12.1. The molecule has 0 unspecified atom stereocenters. The topological polar surface area (TPSA) is 73.3 Å². The molecule has 0 aliphatic carbocycles. The number of hydrogen-bond donors (Lipinski definition) is 2. The Hall–Kier alpha value is -2.61. The van der Waals surface area contributed by atoms with Gasteiger partial charge in [0.1, 0.15) is 5.75 Å². The van der Waals surface area contributed by atoms with Crippen molar-refractivity contribution in [2.75, 3.05) is 52.5 Å². The molecule has 0 spiro atoms. The molecule has 170 valence electrons. The fourth-order valence-corrected chi connectivity index (χ4v) is 2.84. The molecule has 0 aliphatic rings. The number of aliphatic imine (C=N–C) groups is 1. The van der Waals surface area contributed by atoms with Crippen LogP contribution < -0.4 is 15.4 Å². The SMILES string of the molecule is CCOCCOCc1cccc(CNC(=NC)Nc2cccc(OCCCOC)c2)c1. The van der Waals surface area contributed by atoms with Gasteiger partial charge in [-0.15, -0.1) is 0 Å². The second kappa shape index (κ2) is 15.2. The molecule has 0 fully saturated rings. The third-order valence-corrected chi connectivity index (χ3v) is 4.38. The lowest BCUT2D eigenvalue weighted by atomic mass is 10.1. The summed E-state index contributed by atoms with van der Waals surface area (Å²) in [7, 11) is 3.44. The first-order valence-electron chi connectivity index (χ1n) is 10.7. The summed E-state index contributed by atoms with van der Waals surface area (Å²) in [5.74, 6) is 1.50. The van der Waals surface area contributed by atoms with Crippen LogP contribution in [0.1, 0.15) is 24.5 Å². The van der Waals surface area contributed by atoms with Gasteiger partial charge in [0.05, 0.1) is 26.4 Å². The number of hydrogen-bond acceptors (Lipinski definition) is 5. The molecule has 0 amide bonds. The van der Waals surface area contributed by atoms with E-state index in [1.165, 1.54) is 0 Å². The second-order valence-electron chi connectivity index (χ2n) is 6.84. The Morgan fingerprint density at radius 1 is 0.935 bits per heavy atom. The van der Waals surface area contributed by atoms with Gasteiger partial charge >= 0.3 is 0 Å². The van der Waals surface area contributed by atoms with Crippen molar-refractivity contribution in [2.45, 2.75) is 26.5 Å². The number of benzene rings is 2. The van der Waals surface area contributed by atoms with E-state index < -0.39 is 0 Å². The van der Waals surface area contributed by atoms with Gasteiger partial charge in [0.2, 0.25) is 0 Å². The smallest absolute Gasteiger partial charge is 0.195 e. The number of nitrogens with zero attached hydrogens (tertiary/aromatic N) is 1. The first kappa shape index (κ1) is 24.7. The molecule has 2 rings (SSSR count). The Bertz CT molecular complexity index is 783. The van der Waals surface area contributed by atoms with Gasteiger partial charge in [-0.3, -0.25) is 4.99 Å². The van der Waals surface area contributed by atoms with Crippen LogP contribution in [0.4, 0.5) is 5.69 Å². The monoisotopic (exact) mass is 429 g/mol. The van der Waals surface area contributed by atoms with Crippen LogP contribution in [0, 0.1) is 0 Å². The van der Waals surface area contributed by atoms with Crippen LogP contribution in [0.2, 0.25) is 0 Å².